The molecule has 3 nitrogen and oxygen atoms in total. The van der Waals surface area contributed by atoms with E-state index in [1.54, 1.807) is 6.92 Å². The Morgan fingerprint density at radius 2 is 2.00 bits per heavy atom. The van der Waals surface area contributed by atoms with Gasteiger partial charge in [0.2, 0.25) is 5.91 Å². The molecular weight excluding hydrogens is 359 g/mol. The van der Waals surface area contributed by atoms with Crippen molar-refractivity contribution >= 4 is 30.3 Å². The summed E-state index contributed by atoms with van der Waals surface area (Å²) in [5.74, 6) is -0.809. The fraction of sp³-hybridized carbons (Fsp3) is 0.632. The van der Waals surface area contributed by atoms with E-state index in [1.165, 1.54) is 0 Å². The van der Waals surface area contributed by atoms with E-state index >= 15 is 0 Å². The predicted octanol–water partition coefficient (Wildman–Crippen LogP) is 4.77. The van der Waals surface area contributed by atoms with E-state index in [0.29, 0.717) is 12.1 Å². The summed E-state index contributed by atoms with van der Waals surface area (Å²) in [7, 11) is 0. The van der Waals surface area contributed by atoms with Crippen molar-refractivity contribution in [1.82, 2.24) is 9.62 Å². The zero-order valence-electron chi connectivity index (χ0n) is 15.1. The van der Waals surface area contributed by atoms with Crippen molar-refractivity contribution < 1.29 is 9.18 Å². The Balaban J connectivity index is 2.36. The third-order valence-corrected chi connectivity index (χ3v) is 6.35. The molecule has 0 aromatic rings. The van der Waals surface area contributed by atoms with Gasteiger partial charge >= 0.3 is 0 Å². The van der Waals surface area contributed by atoms with Gasteiger partial charge < -0.3 is 5.32 Å². The minimum atomic E-state index is -0.603. The Labute approximate surface area is 160 Å². The third kappa shape index (κ3) is 4.69. The average molecular weight is 387 g/mol. The fourth-order valence-electron chi connectivity index (χ4n) is 3.91. The molecule has 1 aliphatic heterocycles. The summed E-state index contributed by atoms with van der Waals surface area (Å²) in [6.45, 7) is 12.5. The van der Waals surface area contributed by atoms with Gasteiger partial charge in [-0.05, 0) is 37.2 Å². The number of hydrogen-bond acceptors (Lipinski definition) is 3. The molecule has 1 saturated carbocycles. The van der Waals surface area contributed by atoms with Crippen LogP contribution in [0.15, 0.2) is 35.2 Å². The Bertz CT molecular complexity index is 598. The third-order valence-electron chi connectivity index (χ3n) is 5.46. The average Bonchev–Trinajstić information content (AvgIpc) is 3.15. The molecule has 2 rings (SSSR count). The van der Waals surface area contributed by atoms with Crippen molar-refractivity contribution in [2.45, 2.75) is 52.0 Å². The lowest BCUT2D eigenvalue weighted by Gasteiger charge is -2.37. The number of nitrogens with one attached hydrogen (secondary N) is 1. The maximum absolute atomic E-state index is 14.4. The van der Waals surface area contributed by atoms with Crippen LogP contribution in [-0.2, 0) is 4.79 Å². The van der Waals surface area contributed by atoms with E-state index in [9.17, 15) is 9.18 Å². The van der Waals surface area contributed by atoms with Crippen LogP contribution < -0.4 is 5.32 Å². The topological polar surface area (TPSA) is 32.3 Å². The van der Waals surface area contributed by atoms with Gasteiger partial charge in [-0.2, -0.15) is 0 Å². The molecule has 2 unspecified atom stereocenters. The lowest BCUT2D eigenvalue weighted by atomic mass is 9.76. The molecule has 1 aliphatic carbocycles. The van der Waals surface area contributed by atoms with Crippen LogP contribution in [0.4, 0.5) is 4.39 Å². The van der Waals surface area contributed by atoms with E-state index in [2.05, 4.69) is 38.2 Å². The van der Waals surface area contributed by atoms with E-state index in [0.717, 1.165) is 38.6 Å². The number of allylic oxidation sites excluding steroid dienone is 2. The van der Waals surface area contributed by atoms with Crippen LogP contribution >= 0.6 is 24.4 Å². The molecule has 0 bridgehead atoms. The van der Waals surface area contributed by atoms with Crippen LogP contribution in [-0.4, -0.2) is 29.3 Å². The summed E-state index contributed by atoms with van der Waals surface area (Å²) >= 11 is 10.7. The van der Waals surface area contributed by atoms with E-state index in [1.807, 2.05) is 4.31 Å². The van der Waals surface area contributed by atoms with Crippen LogP contribution in [0.1, 0.15) is 46.0 Å². The van der Waals surface area contributed by atoms with Gasteiger partial charge in [-0.1, -0.05) is 57.3 Å². The number of rotatable bonds is 6. The van der Waals surface area contributed by atoms with Crippen LogP contribution in [0.5, 0.6) is 0 Å². The summed E-state index contributed by atoms with van der Waals surface area (Å²) in [5.41, 5.74) is 0.598. The second kappa shape index (κ2) is 8.28. The summed E-state index contributed by atoms with van der Waals surface area (Å²) in [6.07, 6.45) is 4.71. The first-order valence-corrected chi connectivity index (χ1v) is 9.58. The largest absolute Gasteiger partial charge is 0.348 e. The first-order chi connectivity index (χ1) is 11.7. The molecule has 1 saturated heterocycles. The van der Waals surface area contributed by atoms with Gasteiger partial charge in [0.05, 0.1) is 17.0 Å². The van der Waals surface area contributed by atoms with Crippen LogP contribution in [0.25, 0.3) is 0 Å². The van der Waals surface area contributed by atoms with Crippen LogP contribution in [0.2, 0.25) is 0 Å². The van der Waals surface area contributed by atoms with Gasteiger partial charge in [-0.3, -0.25) is 9.10 Å². The molecule has 140 valence electrons. The molecule has 6 heteroatoms. The lowest BCUT2D eigenvalue weighted by molar-refractivity contribution is -0.125. The molecule has 25 heavy (non-hydrogen) atoms. The molecule has 1 amide bonds. The highest BCUT2D eigenvalue weighted by atomic mass is 35.5. The van der Waals surface area contributed by atoms with Crippen molar-refractivity contribution in [2.24, 2.45) is 11.3 Å². The smallest absolute Gasteiger partial charge is 0.224 e. The van der Waals surface area contributed by atoms with Crippen molar-refractivity contribution in [3.8, 4) is 0 Å². The van der Waals surface area contributed by atoms with Crippen molar-refractivity contribution in [1.29, 1.82) is 0 Å². The Morgan fingerprint density at radius 3 is 2.44 bits per heavy atom. The second-order valence-corrected chi connectivity index (χ2v) is 8.56. The van der Waals surface area contributed by atoms with Gasteiger partial charge in [-0.25, -0.2) is 4.39 Å². The number of nitrogens with zero attached hydrogens (tertiary/aromatic N) is 1. The molecule has 0 aromatic heterocycles. The van der Waals surface area contributed by atoms with Gasteiger partial charge in [0.15, 0.2) is 0 Å². The number of amides is 1. The molecular formula is C19H28ClFN2OS. The molecule has 0 radical (unpaired) electrons. The molecule has 2 aliphatic rings. The molecule has 0 aromatic carbocycles. The number of thiol groups is 1. The highest BCUT2D eigenvalue weighted by Crippen LogP contribution is 2.45. The molecule has 1 heterocycles. The molecule has 2 fully saturated rings. The molecule has 0 spiro atoms. The fourth-order valence-corrected chi connectivity index (χ4v) is 4.44. The van der Waals surface area contributed by atoms with Crippen molar-refractivity contribution in [3.05, 3.63) is 35.2 Å². The van der Waals surface area contributed by atoms with E-state index < -0.39 is 11.9 Å². The molecule has 2 atom stereocenters. The Morgan fingerprint density at radius 1 is 1.40 bits per heavy atom. The zero-order chi connectivity index (χ0) is 18.8. The van der Waals surface area contributed by atoms with Gasteiger partial charge in [0.1, 0.15) is 5.83 Å². The monoisotopic (exact) mass is 386 g/mol. The highest BCUT2D eigenvalue weighted by Gasteiger charge is 2.43. The maximum atomic E-state index is 14.4. The minimum absolute atomic E-state index is 0.0698. The van der Waals surface area contributed by atoms with Crippen molar-refractivity contribution in [2.75, 3.05) is 13.1 Å². The van der Waals surface area contributed by atoms with Crippen LogP contribution in [0.3, 0.4) is 0 Å². The van der Waals surface area contributed by atoms with Gasteiger partial charge in [-0.15, -0.1) is 0 Å². The SMILES string of the molecule is C=C(C)/C(Cl)=C(\C(=C)F)C(NC(=O)C1CCN(S)C1)C1(C)CCCC1. The van der Waals surface area contributed by atoms with E-state index in [4.69, 9.17) is 11.6 Å². The first-order valence-electron chi connectivity index (χ1n) is 8.80. The zero-order valence-corrected chi connectivity index (χ0v) is 16.7. The molecule has 1 N–H and O–H groups in total. The van der Waals surface area contributed by atoms with Gasteiger partial charge in [0, 0.05) is 18.7 Å². The van der Waals surface area contributed by atoms with Crippen LogP contribution in [0, 0.1) is 11.3 Å². The maximum Gasteiger partial charge on any atom is 0.224 e. The van der Waals surface area contributed by atoms with Crippen molar-refractivity contribution in [3.63, 3.8) is 0 Å². The van der Waals surface area contributed by atoms with Gasteiger partial charge in [0.25, 0.3) is 0 Å². The lowest BCUT2D eigenvalue weighted by Crippen LogP contribution is -2.49. The summed E-state index contributed by atoms with van der Waals surface area (Å²) in [5, 5.41) is 3.35. The normalized spacial score (nSPS) is 25.4. The quantitative estimate of drug-likeness (QED) is 0.509. The number of carbonyl (C=O) groups is 1. The number of halogens is 2. The summed E-state index contributed by atoms with van der Waals surface area (Å²) in [6, 6.07) is -0.502. The first kappa shape index (κ1) is 20.5. The van der Waals surface area contributed by atoms with E-state index in [-0.39, 0.29) is 27.8 Å². The Hall–Kier alpha value is -0.780. The highest BCUT2D eigenvalue weighted by molar-refractivity contribution is 7.77. The predicted molar refractivity (Wildman–Crippen MR) is 105 cm³/mol. The Kier molecular flexibility index (Phi) is 6.80. The summed E-state index contributed by atoms with van der Waals surface area (Å²) in [4.78, 5) is 12.8. The second-order valence-electron chi connectivity index (χ2n) is 7.61. The number of carbonyl (C=O) groups excluding carboxylic acids is 1. The summed E-state index contributed by atoms with van der Waals surface area (Å²) < 4.78 is 16.2. The minimum Gasteiger partial charge on any atom is -0.348 e. The number of hydrogen-bond donors (Lipinski definition) is 2. The standard InChI is InChI=1S/C19H28ClFN2OS/c1-12(2)16(20)15(13(3)21)17(19(4)8-5-6-9-19)22-18(24)14-7-10-23(25)11-14/h14,17,25H,1,3,5-11H2,2,4H3,(H,22,24)/b16-15-.